The summed E-state index contributed by atoms with van der Waals surface area (Å²) >= 11 is 5.43. The van der Waals surface area contributed by atoms with Gasteiger partial charge in [0.1, 0.15) is 6.04 Å². The number of amides is 2. The van der Waals surface area contributed by atoms with Crippen LogP contribution in [-0.4, -0.2) is 46.4 Å². The van der Waals surface area contributed by atoms with E-state index >= 15 is 0 Å². The molecule has 0 aliphatic carbocycles. The summed E-state index contributed by atoms with van der Waals surface area (Å²) in [5, 5.41) is 3.33. The maximum Gasteiger partial charge on any atom is 0.251 e. The Morgan fingerprint density at radius 2 is 1.70 bits per heavy atom. The molecular formula is C21H23N3O2S. The van der Waals surface area contributed by atoms with Crippen molar-refractivity contribution in [2.45, 2.75) is 25.3 Å². The van der Waals surface area contributed by atoms with E-state index in [1.54, 1.807) is 7.05 Å². The minimum Gasteiger partial charge on any atom is -0.336 e. The molecule has 6 heteroatoms. The molecule has 0 saturated carbocycles. The Morgan fingerprint density at radius 1 is 1.07 bits per heavy atom. The fourth-order valence-corrected chi connectivity index (χ4v) is 3.54. The van der Waals surface area contributed by atoms with Crippen LogP contribution in [0.5, 0.6) is 0 Å². The number of para-hydroxylation sites is 1. The molecule has 0 radical (unpaired) electrons. The zero-order valence-electron chi connectivity index (χ0n) is 15.3. The number of aryl methyl sites for hydroxylation is 1. The minimum absolute atomic E-state index is 0.0868. The molecule has 1 heterocycles. The van der Waals surface area contributed by atoms with Crippen molar-refractivity contribution in [2.24, 2.45) is 0 Å². The lowest BCUT2D eigenvalue weighted by atomic mass is 10.1. The fraction of sp³-hybridized carbons (Fsp3) is 0.286. The molecule has 0 bridgehead atoms. The molecule has 2 aromatic carbocycles. The molecule has 0 aromatic heterocycles. The maximum atomic E-state index is 12.6. The first kappa shape index (κ1) is 19.0. The summed E-state index contributed by atoms with van der Waals surface area (Å²) in [6.07, 6.45) is 1.85. The number of nitrogens with zero attached hydrogens (tertiary/aromatic N) is 2. The molecule has 1 N–H and O–H groups in total. The quantitative estimate of drug-likeness (QED) is 0.749. The summed E-state index contributed by atoms with van der Waals surface area (Å²) < 4.78 is 0. The van der Waals surface area contributed by atoms with E-state index < -0.39 is 6.04 Å². The molecular weight excluding hydrogens is 358 g/mol. The Kier molecular flexibility index (Phi) is 6.19. The number of hydrogen-bond donors (Lipinski definition) is 1. The molecule has 1 aliphatic rings. The summed E-state index contributed by atoms with van der Waals surface area (Å²) in [6, 6.07) is 18.9. The smallest absolute Gasteiger partial charge is 0.251 e. The fourth-order valence-electron chi connectivity index (χ4n) is 3.23. The summed E-state index contributed by atoms with van der Waals surface area (Å²) in [7, 11) is 1.67. The molecule has 1 atom stereocenters. The van der Waals surface area contributed by atoms with E-state index in [2.05, 4.69) is 17.4 Å². The van der Waals surface area contributed by atoms with Gasteiger partial charge in [0.25, 0.3) is 5.91 Å². The van der Waals surface area contributed by atoms with Gasteiger partial charge in [-0.05, 0) is 42.8 Å². The van der Waals surface area contributed by atoms with Gasteiger partial charge >= 0.3 is 0 Å². The van der Waals surface area contributed by atoms with E-state index in [1.807, 2.05) is 53.4 Å². The molecule has 1 fully saturated rings. The van der Waals surface area contributed by atoms with Crippen LogP contribution >= 0.6 is 12.2 Å². The van der Waals surface area contributed by atoms with Crippen LogP contribution < -0.4 is 5.32 Å². The number of nitrogens with one attached hydrogen (secondary N) is 1. The van der Waals surface area contributed by atoms with Crippen LogP contribution in [0.4, 0.5) is 5.69 Å². The molecule has 2 amide bonds. The van der Waals surface area contributed by atoms with Crippen molar-refractivity contribution in [2.75, 3.05) is 18.9 Å². The largest absolute Gasteiger partial charge is 0.336 e. The zero-order chi connectivity index (χ0) is 19.2. The Labute approximate surface area is 165 Å². The van der Waals surface area contributed by atoms with Crippen LogP contribution in [0.15, 0.2) is 60.7 Å². The van der Waals surface area contributed by atoms with E-state index in [0.29, 0.717) is 11.7 Å². The number of carbonyl (C=O) groups excluding carboxylic acids is 2. The molecule has 0 spiro atoms. The molecule has 3 rings (SSSR count). The number of benzene rings is 2. The van der Waals surface area contributed by atoms with E-state index in [4.69, 9.17) is 12.2 Å². The molecule has 1 unspecified atom stereocenters. The first-order valence-electron chi connectivity index (χ1n) is 9.03. The van der Waals surface area contributed by atoms with Crippen LogP contribution in [0.2, 0.25) is 0 Å². The standard InChI is InChI=1S/C21H23N3O2S/c1-23-20(26)18(15-19(25)22-17-12-6-3-7-13-17)24(21(23)27)14-8-11-16-9-4-2-5-10-16/h2-7,9-10,12-13,18H,8,11,14-15H2,1H3,(H,22,25). The van der Waals surface area contributed by atoms with Crippen molar-refractivity contribution in [1.29, 1.82) is 0 Å². The molecule has 2 aromatic rings. The predicted octanol–water partition coefficient (Wildman–Crippen LogP) is 3.08. The van der Waals surface area contributed by atoms with E-state index in [-0.39, 0.29) is 18.2 Å². The van der Waals surface area contributed by atoms with Crippen molar-refractivity contribution >= 4 is 34.8 Å². The number of rotatable bonds is 7. The Bertz CT molecular complexity index is 811. The van der Waals surface area contributed by atoms with Crippen LogP contribution in [0, 0.1) is 0 Å². The Balaban J connectivity index is 1.61. The second kappa shape index (κ2) is 8.77. The van der Waals surface area contributed by atoms with Crippen LogP contribution in [0.1, 0.15) is 18.4 Å². The highest BCUT2D eigenvalue weighted by Crippen LogP contribution is 2.21. The normalized spacial score (nSPS) is 16.7. The average molecular weight is 382 g/mol. The van der Waals surface area contributed by atoms with Gasteiger partial charge in [0.15, 0.2) is 5.11 Å². The average Bonchev–Trinajstić information content (AvgIpc) is 2.88. The topological polar surface area (TPSA) is 52.7 Å². The highest BCUT2D eigenvalue weighted by atomic mass is 32.1. The van der Waals surface area contributed by atoms with Gasteiger partial charge in [0, 0.05) is 19.3 Å². The number of hydrogen-bond acceptors (Lipinski definition) is 3. The van der Waals surface area contributed by atoms with E-state index in [9.17, 15) is 9.59 Å². The zero-order valence-corrected chi connectivity index (χ0v) is 16.1. The van der Waals surface area contributed by atoms with Crippen LogP contribution in [0.3, 0.4) is 0 Å². The van der Waals surface area contributed by atoms with Crippen LogP contribution in [0.25, 0.3) is 0 Å². The first-order valence-corrected chi connectivity index (χ1v) is 9.44. The van der Waals surface area contributed by atoms with Gasteiger partial charge in [-0.2, -0.15) is 0 Å². The molecule has 1 aliphatic heterocycles. The van der Waals surface area contributed by atoms with Gasteiger partial charge in [-0.3, -0.25) is 14.5 Å². The first-order chi connectivity index (χ1) is 13.1. The Morgan fingerprint density at radius 3 is 2.37 bits per heavy atom. The van der Waals surface area contributed by atoms with E-state index in [0.717, 1.165) is 18.5 Å². The molecule has 140 valence electrons. The van der Waals surface area contributed by atoms with Gasteiger partial charge in [-0.15, -0.1) is 0 Å². The van der Waals surface area contributed by atoms with Gasteiger partial charge in [0.05, 0.1) is 6.42 Å². The van der Waals surface area contributed by atoms with Gasteiger partial charge in [-0.25, -0.2) is 0 Å². The SMILES string of the molecule is CN1C(=O)C(CC(=O)Nc2ccccc2)N(CCCc2ccccc2)C1=S. The molecule has 5 nitrogen and oxygen atoms in total. The number of likely N-dealkylation sites (N-methyl/N-ethyl adjacent to an activating group) is 1. The highest BCUT2D eigenvalue weighted by molar-refractivity contribution is 7.80. The molecule has 27 heavy (non-hydrogen) atoms. The van der Waals surface area contributed by atoms with E-state index in [1.165, 1.54) is 10.5 Å². The number of carbonyl (C=O) groups is 2. The second-order valence-electron chi connectivity index (χ2n) is 6.60. The Hall–Kier alpha value is -2.73. The monoisotopic (exact) mass is 381 g/mol. The molecule has 1 saturated heterocycles. The lowest BCUT2D eigenvalue weighted by molar-refractivity contribution is -0.130. The summed E-state index contributed by atoms with van der Waals surface area (Å²) in [6.45, 7) is 0.646. The third-order valence-corrected chi connectivity index (χ3v) is 5.18. The van der Waals surface area contributed by atoms with Crippen LogP contribution in [-0.2, 0) is 16.0 Å². The van der Waals surface area contributed by atoms with Crippen molar-refractivity contribution in [1.82, 2.24) is 9.80 Å². The maximum absolute atomic E-state index is 12.6. The lowest BCUT2D eigenvalue weighted by Gasteiger charge is -2.23. The number of thiocarbonyl (C=S) groups is 1. The van der Waals surface area contributed by atoms with Crippen molar-refractivity contribution in [3.8, 4) is 0 Å². The van der Waals surface area contributed by atoms with Gasteiger partial charge < -0.3 is 10.2 Å². The predicted molar refractivity (Wildman–Crippen MR) is 110 cm³/mol. The van der Waals surface area contributed by atoms with Crippen molar-refractivity contribution < 1.29 is 9.59 Å². The summed E-state index contributed by atoms with van der Waals surface area (Å²) in [4.78, 5) is 28.3. The summed E-state index contributed by atoms with van der Waals surface area (Å²) in [5.41, 5.74) is 1.97. The second-order valence-corrected chi connectivity index (χ2v) is 6.96. The summed E-state index contributed by atoms with van der Waals surface area (Å²) in [5.74, 6) is -0.311. The van der Waals surface area contributed by atoms with Gasteiger partial charge in [-0.1, -0.05) is 48.5 Å². The third-order valence-electron chi connectivity index (χ3n) is 4.67. The van der Waals surface area contributed by atoms with Crippen molar-refractivity contribution in [3.05, 3.63) is 66.2 Å². The van der Waals surface area contributed by atoms with Gasteiger partial charge in [0.2, 0.25) is 5.91 Å². The van der Waals surface area contributed by atoms with Crippen molar-refractivity contribution in [3.63, 3.8) is 0 Å². The number of anilines is 1. The highest BCUT2D eigenvalue weighted by Gasteiger charge is 2.41. The lowest BCUT2D eigenvalue weighted by Crippen LogP contribution is -2.38. The third kappa shape index (κ3) is 4.71. The minimum atomic E-state index is -0.540.